The topological polar surface area (TPSA) is 42.0 Å². The number of hydrogen-bond donors (Lipinski definition) is 1. The minimum absolute atomic E-state index is 0.00501. The van der Waals surface area contributed by atoms with Crippen LogP contribution < -0.4 is 5.32 Å². The predicted molar refractivity (Wildman–Crippen MR) is 117 cm³/mol. The lowest BCUT2D eigenvalue weighted by Gasteiger charge is -2.08. The number of pyridine rings is 1. The molecule has 0 bridgehead atoms. The van der Waals surface area contributed by atoms with E-state index in [-0.39, 0.29) is 5.91 Å². The first-order valence-corrected chi connectivity index (χ1v) is 9.77. The van der Waals surface area contributed by atoms with Gasteiger partial charge in [0, 0.05) is 18.1 Å². The number of rotatable bonds is 4. The highest BCUT2D eigenvalue weighted by atomic mass is 16.1. The Hall–Kier alpha value is -3.72. The Bertz CT molecular complexity index is 1180. The molecule has 0 saturated carbocycles. The minimum Gasteiger partial charge on any atom is -0.326 e. The van der Waals surface area contributed by atoms with Crippen molar-refractivity contribution in [2.45, 2.75) is 12.8 Å². The highest BCUT2D eigenvalue weighted by Gasteiger charge is 2.18. The first-order valence-electron chi connectivity index (χ1n) is 9.77. The van der Waals surface area contributed by atoms with Crippen LogP contribution in [0.1, 0.15) is 16.7 Å². The van der Waals surface area contributed by atoms with Crippen molar-refractivity contribution in [1.82, 2.24) is 4.98 Å². The van der Waals surface area contributed by atoms with Gasteiger partial charge in [0.05, 0.1) is 6.42 Å². The summed E-state index contributed by atoms with van der Waals surface area (Å²) in [6, 6.07) is 26.7. The molecule has 1 heterocycles. The summed E-state index contributed by atoms with van der Waals surface area (Å²) in [7, 11) is 0. The summed E-state index contributed by atoms with van der Waals surface area (Å²) < 4.78 is 0. The fourth-order valence-electron chi connectivity index (χ4n) is 3.98. The number of amides is 1. The van der Waals surface area contributed by atoms with Gasteiger partial charge in [-0.1, -0.05) is 60.7 Å². The molecule has 4 aromatic rings. The lowest BCUT2D eigenvalue weighted by molar-refractivity contribution is -0.115. The summed E-state index contributed by atoms with van der Waals surface area (Å²) in [6.07, 6.45) is 4.90. The number of benzene rings is 3. The zero-order valence-electron chi connectivity index (χ0n) is 15.9. The molecule has 0 fully saturated rings. The molecule has 5 rings (SSSR count). The van der Waals surface area contributed by atoms with E-state index in [2.05, 4.69) is 52.8 Å². The average molecular weight is 376 g/mol. The SMILES string of the molecule is O=C(Cc1ccc2c(c1)Cc1ccccc1-2)Nc1ccc(-c2cccnc2)cc1. The van der Waals surface area contributed by atoms with Crippen LogP contribution in [0.2, 0.25) is 0 Å². The molecule has 1 aliphatic rings. The van der Waals surface area contributed by atoms with Gasteiger partial charge in [-0.25, -0.2) is 0 Å². The number of carbonyl (C=O) groups is 1. The van der Waals surface area contributed by atoms with Crippen molar-refractivity contribution in [1.29, 1.82) is 0 Å². The van der Waals surface area contributed by atoms with Crippen LogP contribution in [0.3, 0.4) is 0 Å². The van der Waals surface area contributed by atoms with Crippen LogP contribution in [-0.2, 0) is 17.6 Å². The molecular weight excluding hydrogens is 356 g/mol. The van der Waals surface area contributed by atoms with Crippen molar-refractivity contribution in [3.63, 3.8) is 0 Å². The van der Waals surface area contributed by atoms with Gasteiger partial charge in [0.2, 0.25) is 5.91 Å². The second kappa shape index (κ2) is 7.36. The Morgan fingerprint density at radius 1 is 0.828 bits per heavy atom. The van der Waals surface area contributed by atoms with Crippen LogP contribution in [0.5, 0.6) is 0 Å². The zero-order valence-corrected chi connectivity index (χ0v) is 15.9. The standard InChI is InChI=1S/C26H20N2O/c29-26(28-23-10-8-19(9-11-23)21-5-3-13-27-17-21)15-18-7-12-25-22(14-18)16-20-4-1-2-6-24(20)25/h1-14,17H,15-16H2,(H,28,29). The average Bonchev–Trinajstić information content (AvgIpc) is 3.12. The van der Waals surface area contributed by atoms with E-state index >= 15 is 0 Å². The molecule has 140 valence electrons. The van der Waals surface area contributed by atoms with Crippen molar-refractivity contribution in [2.24, 2.45) is 0 Å². The van der Waals surface area contributed by atoms with E-state index in [0.29, 0.717) is 6.42 Å². The lowest BCUT2D eigenvalue weighted by atomic mass is 10.0. The first kappa shape index (κ1) is 17.4. The normalized spacial score (nSPS) is 11.6. The van der Waals surface area contributed by atoms with Gasteiger partial charge in [-0.2, -0.15) is 0 Å². The summed E-state index contributed by atoms with van der Waals surface area (Å²) in [5.74, 6) is -0.00501. The summed E-state index contributed by atoms with van der Waals surface area (Å²) >= 11 is 0. The summed E-state index contributed by atoms with van der Waals surface area (Å²) in [4.78, 5) is 16.7. The Morgan fingerprint density at radius 2 is 1.66 bits per heavy atom. The van der Waals surface area contributed by atoms with Crippen molar-refractivity contribution >= 4 is 11.6 Å². The number of nitrogens with zero attached hydrogens (tertiary/aromatic N) is 1. The van der Waals surface area contributed by atoms with E-state index in [4.69, 9.17) is 0 Å². The van der Waals surface area contributed by atoms with Crippen molar-refractivity contribution in [3.05, 3.63) is 108 Å². The molecule has 3 aromatic carbocycles. The van der Waals surface area contributed by atoms with E-state index < -0.39 is 0 Å². The van der Waals surface area contributed by atoms with Gasteiger partial charge in [0.15, 0.2) is 0 Å². The van der Waals surface area contributed by atoms with Crippen molar-refractivity contribution < 1.29 is 4.79 Å². The molecule has 29 heavy (non-hydrogen) atoms. The Labute approximate surface area is 170 Å². The summed E-state index contributed by atoms with van der Waals surface area (Å²) in [5.41, 5.74) is 9.24. The molecule has 1 aliphatic carbocycles. The smallest absolute Gasteiger partial charge is 0.228 e. The zero-order chi connectivity index (χ0) is 19.6. The minimum atomic E-state index is -0.00501. The Morgan fingerprint density at radius 3 is 2.48 bits per heavy atom. The van der Waals surface area contributed by atoms with Crippen LogP contribution in [0.15, 0.2) is 91.3 Å². The molecule has 0 radical (unpaired) electrons. The molecule has 3 heteroatoms. The predicted octanol–water partition coefficient (Wildman–Crippen LogP) is 5.50. The second-order valence-corrected chi connectivity index (χ2v) is 7.37. The van der Waals surface area contributed by atoms with E-state index in [1.54, 1.807) is 6.20 Å². The van der Waals surface area contributed by atoms with E-state index in [1.807, 2.05) is 42.6 Å². The highest BCUT2D eigenvalue weighted by Crippen LogP contribution is 2.36. The molecule has 1 N–H and O–H groups in total. The van der Waals surface area contributed by atoms with Gasteiger partial charge < -0.3 is 5.32 Å². The fraction of sp³-hybridized carbons (Fsp3) is 0.0769. The van der Waals surface area contributed by atoms with Gasteiger partial charge >= 0.3 is 0 Å². The molecule has 3 nitrogen and oxygen atoms in total. The van der Waals surface area contributed by atoms with Crippen LogP contribution >= 0.6 is 0 Å². The fourth-order valence-corrected chi connectivity index (χ4v) is 3.98. The molecule has 1 amide bonds. The number of anilines is 1. The van der Waals surface area contributed by atoms with Gasteiger partial charge in [-0.3, -0.25) is 9.78 Å². The Kier molecular flexibility index (Phi) is 4.41. The van der Waals surface area contributed by atoms with E-state index in [9.17, 15) is 4.79 Å². The monoisotopic (exact) mass is 376 g/mol. The summed E-state index contributed by atoms with van der Waals surface area (Å²) in [5, 5.41) is 3.00. The molecule has 0 atom stereocenters. The van der Waals surface area contributed by atoms with Crippen LogP contribution in [0, 0.1) is 0 Å². The summed E-state index contributed by atoms with van der Waals surface area (Å²) in [6.45, 7) is 0. The van der Waals surface area contributed by atoms with E-state index in [0.717, 1.165) is 28.8 Å². The third-order valence-corrected chi connectivity index (χ3v) is 5.39. The lowest BCUT2D eigenvalue weighted by Crippen LogP contribution is -2.14. The maximum Gasteiger partial charge on any atom is 0.228 e. The number of carbonyl (C=O) groups excluding carboxylic acids is 1. The van der Waals surface area contributed by atoms with Gasteiger partial charge in [0.25, 0.3) is 0 Å². The third-order valence-electron chi connectivity index (χ3n) is 5.39. The maximum absolute atomic E-state index is 12.5. The number of fused-ring (bicyclic) bond motifs is 3. The first-order chi connectivity index (χ1) is 14.3. The number of aromatic nitrogens is 1. The van der Waals surface area contributed by atoms with Crippen LogP contribution in [0.25, 0.3) is 22.3 Å². The van der Waals surface area contributed by atoms with E-state index in [1.165, 1.54) is 22.3 Å². The van der Waals surface area contributed by atoms with Crippen molar-refractivity contribution in [3.8, 4) is 22.3 Å². The molecule has 0 spiro atoms. The molecule has 0 unspecified atom stereocenters. The van der Waals surface area contributed by atoms with Gasteiger partial charge in [-0.05, 0) is 63.6 Å². The highest BCUT2D eigenvalue weighted by molar-refractivity contribution is 5.92. The number of nitrogens with one attached hydrogen (secondary N) is 1. The molecular formula is C26H20N2O. The molecule has 1 aromatic heterocycles. The molecule has 0 saturated heterocycles. The molecule has 0 aliphatic heterocycles. The van der Waals surface area contributed by atoms with Gasteiger partial charge in [-0.15, -0.1) is 0 Å². The Balaban J connectivity index is 1.26. The van der Waals surface area contributed by atoms with Gasteiger partial charge in [0.1, 0.15) is 0 Å². The maximum atomic E-state index is 12.5. The second-order valence-electron chi connectivity index (χ2n) is 7.37. The number of hydrogen-bond acceptors (Lipinski definition) is 2. The van der Waals surface area contributed by atoms with Crippen LogP contribution in [0.4, 0.5) is 5.69 Å². The van der Waals surface area contributed by atoms with Crippen LogP contribution in [-0.4, -0.2) is 10.9 Å². The third kappa shape index (κ3) is 3.55. The largest absolute Gasteiger partial charge is 0.326 e. The quantitative estimate of drug-likeness (QED) is 0.450. The van der Waals surface area contributed by atoms with Crippen molar-refractivity contribution in [2.75, 3.05) is 5.32 Å².